The Morgan fingerprint density at radius 3 is 2.55 bits per heavy atom. The first kappa shape index (κ1) is 17.5. The molecule has 1 aromatic heterocycles. The van der Waals surface area contributed by atoms with Crippen LogP contribution in [0.3, 0.4) is 0 Å². The van der Waals surface area contributed by atoms with Crippen molar-refractivity contribution in [2.24, 2.45) is 5.92 Å². The Balaban J connectivity index is 2.00. The minimum absolute atomic E-state index is 0.0745. The summed E-state index contributed by atoms with van der Waals surface area (Å²) < 4.78 is 5.55. The van der Waals surface area contributed by atoms with Crippen molar-refractivity contribution >= 4 is 17.2 Å². The fourth-order valence-corrected chi connectivity index (χ4v) is 4.34. The zero-order chi connectivity index (χ0) is 15.8. The molecule has 2 heterocycles. The molecule has 124 valence electrons. The first-order chi connectivity index (χ1) is 10.7. The highest BCUT2D eigenvalue weighted by atomic mass is 32.1. The lowest BCUT2D eigenvalue weighted by Gasteiger charge is -2.37. The third-order valence-electron chi connectivity index (χ3n) is 4.74. The lowest BCUT2D eigenvalue weighted by atomic mass is 9.78. The second-order valence-electron chi connectivity index (χ2n) is 6.36. The maximum absolute atomic E-state index is 12.5. The van der Waals surface area contributed by atoms with Gasteiger partial charge in [0.15, 0.2) is 0 Å². The van der Waals surface area contributed by atoms with Crippen LogP contribution in [0.15, 0.2) is 17.5 Å². The summed E-state index contributed by atoms with van der Waals surface area (Å²) in [7, 11) is 0. The van der Waals surface area contributed by atoms with E-state index in [1.807, 2.05) is 0 Å². The van der Waals surface area contributed by atoms with Crippen molar-refractivity contribution in [3.05, 3.63) is 22.4 Å². The molecule has 0 spiro atoms. The number of nitrogens with one attached hydrogen (secondary N) is 1. The first-order valence-electron chi connectivity index (χ1n) is 8.61. The summed E-state index contributed by atoms with van der Waals surface area (Å²) in [5, 5.41) is 5.39. The smallest absolute Gasteiger partial charge is 0.223 e. The third-order valence-corrected chi connectivity index (χ3v) is 5.86. The van der Waals surface area contributed by atoms with E-state index in [4.69, 9.17) is 4.74 Å². The Kier molecular flexibility index (Phi) is 6.90. The number of hydrogen-bond donors (Lipinski definition) is 1. The number of hydrogen-bond acceptors (Lipinski definition) is 3. The summed E-state index contributed by atoms with van der Waals surface area (Å²) in [4.78, 5) is 13.9. The van der Waals surface area contributed by atoms with Gasteiger partial charge in [0.1, 0.15) is 0 Å². The predicted octanol–water partition coefficient (Wildman–Crippen LogP) is 4.13. The van der Waals surface area contributed by atoms with Crippen molar-refractivity contribution in [3.8, 4) is 0 Å². The van der Waals surface area contributed by atoms with Crippen LogP contribution in [-0.4, -0.2) is 25.7 Å². The normalized spacial score (nSPS) is 17.6. The molecule has 22 heavy (non-hydrogen) atoms. The Morgan fingerprint density at radius 1 is 1.32 bits per heavy atom. The summed E-state index contributed by atoms with van der Waals surface area (Å²) in [5.41, 5.74) is 0.0745. The van der Waals surface area contributed by atoms with Gasteiger partial charge in [0.05, 0.1) is 0 Å². The highest BCUT2D eigenvalue weighted by Crippen LogP contribution is 2.37. The van der Waals surface area contributed by atoms with Crippen molar-refractivity contribution in [2.45, 2.75) is 57.8 Å². The van der Waals surface area contributed by atoms with Crippen LogP contribution in [0.2, 0.25) is 0 Å². The Labute approximate surface area is 138 Å². The SMILES string of the molecule is CCCC(CCC)C(=O)NCC1(c2cccs2)CCOCC1. The zero-order valence-corrected chi connectivity index (χ0v) is 14.7. The standard InChI is InChI=1S/C18H29NO2S/c1-3-6-15(7-4-2)17(20)19-14-18(9-11-21-12-10-18)16-8-5-13-22-16/h5,8,13,15H,3-4,6-7,9-12,14H2,1-2H3,(H,19,20). The molecule has 1 aliphatic rings. The molecule has 0 aliphatic carbocycles. The average Bonchev–Trinajstić information content (AvgIpc) is 3.08. The van der Waals surface area contributed by atoms with Gasteiger partial charge in [-0.15, -0.1) is 11.3 Å². The van der Waals surface area contributed by atoms with Crippen LogP contribution in [0.1, 0.15) is 57.2 Å². The molecule has 1 aromatic rings. The molecule has 1 amide bonds. The molecule has 0 unspecified atom stereocenters. The molecule has 1 N–H and O–H groups in total. The lowest BCUT2D eigenvalue weighted by Crippen LogP contribution is -2.45. The third kappa shape index (κ3) is 4.32. The van der Waals surface area contributed by atoms with E-state index in [2.05, 4.69) is 36.7 Å². The molecule has 2 rings (SSSR count). The van der Waals surface area contributed by atoms with Crippen molar-refractivity contribution < 1.29 is 9.53 Å². The molecular formula is C18H29NO2S. The average molecular weight is 324 g/mol. The van der Waals surface area contributed by atoms with E-state index in [0.29, 0.717) is 0 Å². The molecular weight excluding hydrogens is 294 g/mol. The highest BCUT2D eigenvalue weighted by Gasteiger charge is 2.36. The van der Waals surface area contributed by atoms with Gasteiger partial charge >= 0.3 is 0 Å². The molecule has 0 radical (unpaired) electrons. The molecule has 1 aliphatic heterocycles. The van der Waals surface area contributed by atoms with Gasteiger partial charge in [0.2, 0.25) is 5.91 Å². The topological polar surface area (TPSA) is 38.3 Å². The maximum Gasteiger partial charge on any atom is 0.223 e. The van der Waals surface area contributed by atoms with E-state index in [0.717, 1.165) is 58.3 Å². The van der Waals surface area contributed by atoms with Crippen LogP contribution in [-0.2, 0) is 14.9 Å². The zero-order valence-electron chi connectivity index (χ0n) is 13.9. The number of thiophene rings is 1. The maximum atomic E-state index is 12.5. The summed E-state index contributed by atoms with van der Waals surface area (Å²) in [6.45, 7) is 6.64. The lowest BCUT2D eigenvalue weighted by molar-refractivity contribution is -0.126. The van der Waals surface area contributed by atoms with Crippen molar-refractivity contribution in [1.82, 2.24) is 5.32 Å². The Hall–Kier alpha value is -0.870. The molecule has 3 nitrogen and oxygen atoms in total. The van der Waals surface area contributed by atoms with Crippen LogP contribution >= 0.6 is 11.3 Å². The van der Waals surface area contributed by atoms with Crippen molar-refractivity contribution in [1.29, 1.82) is 0 Å². The van der Waals surface area contributed by atoms with Gasteiger partial charge in [0, 0.05) is 36.0 Å². The van der Waals surface area contributed by atoms with Gasteiger partial charge in [-0.25, -0.2) is 0 Å². The quantitative estimate of drug-likeness (QED) is 0.781. The van der Waals surface area contributed by atoms with E-state index < -0.39 is 0 Å². The summed E-state index contributed by atoms with van der Waals surface area (Å²) >= 11 is 1.80. The van der Waals surface area contributed by atoms with Crippen LogP contribution in [0.4, 0.5) is 0 Å². The Bertz CT molecular complexity index is 432. The van der Waals surface area contributed by atoms with Gasteiger partial charge in [0.25, 0.3) is 0 Å². The number of carbonyl (C=O) groups is 1. The summed E-state index contributed by atoms with van der Waals surface area (Å²) in [5.74, 6) is 0.418. The second-order valence-corrected chi connectivity index (χ2v) is 7.31. The minimum Gasteiger partial charge on any atom is -0.381 e. The molecule has 0 saturated carbocycles. The van der Waals surface area contributed by atoms with E-state index in [-0.39, 0.29) is 17.2 Å². The Morgan fingerprint density at radius 2 is 2.00 bits per heavy atom. The van der Waals surface area contributed by atoms with Crippen LogP contribution < -0.4 is 5.32 Å². The molecule has 4 heteroatoms. The van der Waals surface area contributed by atoms with E-state index in [9.17, 15) is 4.79 Å². The van der Waals surface area contributed by atoms with E-state index in [1.165, 1.54) is 4.88 Å². The fourth-order valence-electron chi connectivity index (χ4n) is 3.36. The molecule has 0 bridgehead atoms. The van der Waals surface area contributed by atoms with Gasteiger partial charge in [-0.2, -0.15) is 0 Å². The predicted molar refractivity (Wildman–Crippen MR) is 92.4 cm³/mol. The van der Waals surface area contributed by atoms with Gasteiger partial charge < -0.3 is 10.1 Å². The summed E-state index contributed by atoms with van der Waals surface area (Å²) in [6, 6.07) is 4.31. The highest BCUT2D eigenvalue weighted by molar-refractivity contribution is 7.10. The van der Waals surface area contributed by atoms with Crippen molar-refractivity contribution in [3.63, 3.8) is 0 Å². The molecule has 1 saturated heterocycles. The van der Waals surface area contributed by atoms with Crippen molar-refractivity contribution in [2.75, 3.05) is 19.8 Å². The largest absolute Gasteiger partial charge is 0.381 e. The number of carbonyl (C=O) groups excluding carboxylic acids is 1. The summed E-state index contributed by atoms with van der Waals surface area (Å²) in [6.07, 6.45) is 6.13. The molecule has 0 atom stereocenters. The van der Waals surface area contributed by atoms with Gasteiger partial charge in [-0.1, -0.05) is 32.8 Å². The van der Waals surface area contributed by atoms with Crippen LogP contribution in [0.25, 0.3) is 0 Å². The molecule has 1 fully saturated rings. The van der Waals surface area contributed by atoms with Crippen LogP contribution in [0.5, 0.6) is 0 Å². The molecule has 0 aromatic carbocycles. The number of ether oxygens (including phenoxy) is 1. The number of rotatable bonds is 8. The van der Waals surface area contributed by atoms with Gasteiger partial charge in [-0.3, -0.25) is 4.79 Å². The second kappa shape index (κ2) is 8.68. The fraction of sp³-hybridized carbons (Fsp3) is 0.722. The number of amides is 1. The van der Waals surface area contributed by atoms with E-state index in [1.54, 1.807) is 11.3 Å². The first-order valence-corrected chi connectivity index (χ1v) is 9.49. The van der Waals surface area contributed by atoms with Gasteiger partial charge in [-0.05, 0) is 37.1 Å². The van der Waals surface area contributed by atoms with E-state index >= 15 is 0 Å². The minimum atomic E-state index is 0.0745. The monoisotopic (exact) mass is 323 g/mol. The van der Waals surface area contributed by atoms with Crippen LogP contribution in [0, 0.1) is 5.92 Å².